The van der Waals surface area contributed by atoms with Crippen LogP contribution in [0.4, 0.5) is 5.69 Å². The van der Waals surface area contributed by atoms with Crippen molar-refractivity contribution in [1.82, 2.24) is 9.78 Å². The zero-order chi connectivity index (χ0) is 20.4. The van der Waals surface area contributed by atoms with Gasteiger partial charge in [0.2, 0.25) is 0 Å². The average molecular weight is 375 g/mol. The van der Waals surface area contributed by atoms with Crippen molar-refractivity contribution in [1.29, 1.82) is 0 Å². The van der Waals surface area contributed by atoms with Gasteiger partial charge in [0.05, 0.1) is 5.69 Å². The molecule has 0 bridgehead atoms. The molecule has 0 saturated heterocycles. The summed E-state index contributed by atoms with van der Waals surface area (Å²) in [4.78, 5) is 27.0. The molecule has 144 valence electrons. The number of likely N-dealkylation sites (N-methyl/N-ethyl adjacent to an activating group) is 1. The zero-order valence-corrected chi connectivity index (χ0v) is 16.9. The molecule has 3 rings (SSSR count). The van der Waals surface area contributed by atoms with Crippen molar-refractivity contribution >= 4 is 11.6 Å². The van der Waals surface area contributed by atoms with Crippen LogP contribution in [0.15, 0.2) is 59.4 Å². The highest BCUT2D eigenvalue weighted by Crippen LogP contribution is 2.21. The van der Waals surface area contributed by atoms with E-state index in [0.29, 0.717) is 5.69 Å². The Labute approximate surface area is 165 Å². The smallest absolute Gasteiger partial charge is 0.267 e. The van der Waals surface area contributed by atoms with Crippen LogP contribution >= 0.6 is 0 Å². The molecule has 1 amide bonds. The summed E-state index contributed by atoms with van der Waals surface area (Å²) in [6, 6.07) is 16.2. The summed E-state index contributed by atoms with van der Waals surface area (Å²) in [6.45, 7) is 7.77. The van der Waals surface area contributed by atoms with E-state index in [9.17, 15) is 9.59 Å². The number of benzene rings is 2. The molecule has 28 heavy (non-hydrogen) atoms. The maximum atomic E-state index is 13.0. The van der Waals surface area contributed by atoms with Crippen LogP contribution in [0.2, 0.25) is 0 Å². The SMILES string of the molecule is Cc1cccc(N(C)C(=O)C(C)n2nc(-c3ccc(C)c(C)c3)ccc2=O)c1. The molecular formula is C23H25N3O2. The first-order valence-corrected chi connectivity index (χ1v) is 9.29. The maximum absolute atomic E-state index is 13.0. The lowest BCUT2D eigenvalue weighted by atomic mass is 10.0. The summed E-state index contributed by atoms with van der Waals surface area (Å²) in [5.41, 5.74) is 5.49. The molecule has 1 unspecified atom stereocenters. The second-order valence-corrected chi connectivity index (χ2v) is 7.21. The van der Waals surface area contributed by atoms with Gasteiger partial charge in [-0.2, -0.15) is 5.10 Å². The Morgan fingerprint density at radius 3 is 2.43 bits per heavy atom. The third-order valence-corrected chi connectivity index (χ3v) is 5.07. The summed E-state index contributed by atoms with van der Waals surface area (Å²) in [7, 11) is 1.71. The minimum Gasteiger partial charge on any atom is -0.314 e. The number of aromatic nitrogens is 2. The lowest BCUT2D eigenvalue weighted by Gasteiger charge is -2.22. The Bertz CT molecular complexity index is 1090. The molecule has 0 fully saturated rings. The van der Waals surface area contributed by atoms with Gasteiger partial charge < -0.3 is 4.90 Å². The number of hydrogen-bond acceptors (Lipinski definition) is 3. The van der Waals surface area contributed by atoms with Gasteiger partial charge in [-0.15, -0.1) is 0 Å². The van der Waals surface area contributed by atoms with Gasteiger partial charge >= 0.3 is 0 Å². The third kappa shape index (κ3) is 3.88. The van der Waals surface area contributed by atoms with Gasteiger partial charge in [-0.25, -0.2) is 4.68 Å². The molecule has 5 nitrogen and oxygen atoms in total. The van der Waals surface area contributed by atoms with Crippen molar-refractivity contribution < 1.29 is 4.79 Å². The van der Waals surface area contributed by atoms with Crippen molar-refractivity contribution in [2.45, 2.75) is 33.7 Å². The first-order chi connectivity index (χ1) is 13.3. The van der Waals surface area contributed by atoms with Crippen LogP contribution < -0.4 is 10.5 Å². The molecule has 2 aromatic carbocycles. The van der Waals surface area contributed by atoms with Gasteiger partial charge in [0.1, 0.15) is 6.04 Å². The van der Waals surface area contributed by atoms with Crippen LogP contribution in [0.25, 0.3) is 11.3 Å². The van der Waals surface area contributed by atoms with Crippen LogP contribution in [0.5, 0.6) is 0 Å². The standard InChI is InChI=1S/C23H25N3O2/c1-15-7-6-8-20(13-15)25(5)23(28)18(4)26-22(27)12-11-21(24-26)19-10-9-16(2)17(3)14-19/h6-14,18H,1-5H3. The van der Waals surface area contributed by atoms with Crippen LogP contribution in [0.1, 0.15) is 29.7 Å². The molecule has 0 aliphatic rings. The minimum absolute atomic E-state index is 0.197. The number of hydrogen-bond donors (Lipinski definition) is 0. The quantitative estimate of drug-likeness (QED) is 0.691. The molecule has 0 saturated carbocycles. The predicted molar refractivity (Wildman–Crippen MR) is 113 cm³/mol. The zero-order valence-electron chi connectivity index (χ0n) is 16.9. The number of rotatable bonds is 4. The second-order valence-electron chi connectivity index (χ2n) is 7.21. The van der Waals surface area contributed by atoms with Crippen LogP contribution in [0.3, 0.4) is 0 Å². The van der Waals surface area contributed by atoms with E-state index in [0.717, 1.165) is 22.4 Å². The Morgan fingerprint density at radius 1 is 1.00 bits per heavy atom. The maximum Gasteiger partial charge on any atom is 0.267 e. The molecule has 3 aromatic rings. The largest absolute Gasteiger partial charge is 0.314 e. The molecular weight excluding hydrogens is 350 g/mol. The number of carbonyl (C=O) groups excluding carboxylic acids is 1. The molecule has 1 heterocycles. The molecule has 0 aliphatic carbocycles. The summed E-state index contributed by atoms with van der Waals surface area (Å²) in [6.07, 6.45) is 0. The molecule has 0 N–H and O–H groups in total. The Hall–Kier alpha value is -3.21. The first-order valence-electron chi connectivity index (χ1n) is 9.29. The number of aryl methyl sites for hydroxylation is 3. The van der Waals surface area contributed by atoms with Gasteiger partial charge in [-0.3, -0.25) is 9.59 Å². The van der Waals surface area contributed by atoms with Crippen molar-refractivity contribution in [3.05, 3.63) is 81.6 Å². The lowest BCUT2D eigenvalue weighted by Crippen LogP contribution is -2.38. The number of nitrogens with zero attached hydrogens (tertiary/aromatic N) is 3. The lowest BCUT2D eigenvalue weighted by molar-refractivity contribution is -0.121. The van der Waals surface area contributed by atoms with Gasteiger partial charge in [-0.1, -0.05) is 24.3 Å². The van der Waals surface area contributed by atoms with E-state index in [2.05, 4.69) is 12.0 Å². The van der Waals surface area contributed by atoms with E-state index in [1.807, 2.05) is 56.3 Å². The van der Waals surface area contributed by atoms with Gasteiger partial charge in [0.25, 0.3) is 11.5 Å². The summed E-state index contributed by atoms with van der Waals surface area (Å²) < 4.78 is 1.26. The summed E-state index contributed by atoms with van der Waals surface area (Å²) in [5.74, 6) is -0.197. The Morgan fingerprint density at radius 2 is 1.75 bits per heavy atom. The number of carbonyl (C=O) groups is 1. The van der Waals surface area contributed by atoms with Gasteiger partial charge in [0.15, 0.2) is 0 Å². The molecule has 0 aliphatic heterocycles. The van der Waals surface area contributed by atoms with Crippen molar-refractivity contribution in [3.63, 3.8) is 0 Å². The highest BCUT2D eigenvalue weighted by Gasteiger charge is 2.22. The molecule has 0 radical (unpaired) electrons. The topological polar surface area (TPSA) is 55.2 Å². The fraction of sp³-hybridized carbons (Fsp3) is 0.261. The van der Waals surface area contributed by atoms with Crippen LogP contribution in [0, 0.1) is 20.8 Å². The van der Waals surface area contributed by atoms with Crippen molar-refractivity contribution in [2.24, 2.45) is 0 Å². The molecule has 1 atom stereocenters. The fourth-order valence-electron chi connectivity index (χ4n) is 3.11. The van der Waals surface area contributed by atoms with E-state index >= 15 is 0 Å². The van der Waals surface area contributed by atoms with E-state index in [4.69, 9.17) is 0 Å². The molecule has 0 spiro atoms. The average Bonchev–Trinajstić information content (AvgIpc) is 2.69. The normalized spacial score (nSPS) is 11.9. The number of amides is 1. The van der Waals surface area contributed by atoms with E-state index in [1.54, 1.807) is 24.9 Å². The second kappa shape index (κ2) is 7.80. The van der Waals surface area contributed by atoms with Crippen LogP contribution in [-0.2, 0) is 4.79 Å². The summed E-state index contributed by atoms with van der Waals surface area (Å²) in [5, 5.41) is 4.48. The predicted octanol–water partition coefficient (Wildman–Crippen LogP) is 4.06. The van der Waals surface area contributed by atoms with Crippen LogP contribution in [-0.4, -0.2) is 22.7 Å². The first kappa shape index (κ1) is 19.5. The van der Waals surface area contributed by atoms with E-state index < -0.39 is 6.04 Å². The van der Waals surface area contributed by atoms with E-state index in [-0.39, 0.29) is 11.5 Å². The van der Waals surface area contributed by atoms with Gasteiger partial charge in [-0.05, 0) is 68.7 Å². The third-order valence-electron chi connectivity index (χ3n) is 5.07. The van der Waals surface area contributed by atoms with Crippen molar-refractivity contribution in [3.8, 4) is 11.3 Å². The van der Waals surface area contributed by atoms with Gasteiger partial charge in [0, 0.05) is 24.4 Å². The fourth-order valence-corrected chi connectivity index (χ4v) is 3.11. The Kier molecular flexibility index (Phi) is 5.45. The van der Waals surface area contributed by atoms with E-state index in [1.165, 1.54) is 16.3 Å². The summed E-state index contributed by atoms with van der Waals surface area (Å²) >= 11 is 0. The van der Waals surface area contributed by atoms with Crippen molar-refractivity contribution in [2.75, 3.05) is 11.9 Å². The Balaban J connectivity index is 1.94. The number of anilines is 1. The highest BCUT2D eigenvalue weighted by atomic mass is 16.2. The molecule has 1 aromatic heterocycles. The minimum atomic E-state index is -0.718. The highest BCUT2D eigenvalue weighted by molar-refractivity contribution is 5.95. The monoisotopic (exact) mass is 375 g/mol. The molecule has 5 heteroatoms.